The Balaban J connectivity index is 1.51. The number of carbonyl (C=O) groups excluding carboxylic acids is 1. The summed E-state index contributed by atoms with van der Waals surface area (Å²) < 4.78 is 33.6. The number of ether oxygens (including phenoxy) is 1. The highest BCUT2D eigenvalue weighted by Crippen LogP contribution is 2.29. The second kappa shape index (κ2) is 10.4. The number of sulfonamides is 1. The van der Waals surface area contributed by atoms with Crippen LogP contribution in [0.15, 0.2) is 52.3 Å². The van der Waals surface area contributed by atoms with E-state index in [0.29, 0.717) is 29.9 Å². The van der Waals surface area contributed by atoms with Crippen LogP contribution in [0, 0.1) is 6.92 Å². The molecule has 0 radical (unpaired) electrons. The summed E-state index contributed by atoms with van der Waals surface area (Å²) in [6.07, 6.45) is 5.20. The minimum absolute atomic E-state index is 0.232. The molecule has 0 unspecified atom stereocenters. The van der Waals surface area contributed by atoms with Gasteiger partial charge in [-0.3, -0.25) is 4.79 Å². The van der Waals surface area contributed by atoms with Crippen molar-refractivity contribution in [3.8, 4) is 0 Å². The number of nitrogens with zero attached hydrogens (tertiary/aromatic N) is 1. The van der Waals surface area contributed by atoms with Gasteiger partial charge in [0.05, 0.1) is 16.6 Å². The van der Waals surface area contributed by atoms with E-state index in [1.165, 1.54) is 0 Å². The number of rotatable bonds is 7. The third-order valence-corrected chi connectivity index (χ3v) is 9.21. The molecular formula is C24H30N2O4S2. The van der Waals surface area contributed by atoms with Crippen molar-refractivity contribution < 1.29 is 17.9 Å². The van der Waals surface area contributed by atoms with Crippen molar-refractivity contribution in [2.45, 2.75) is 54.9 Å². The molecule has 2 heterocycles. The average Bonchev–Trinajstić information content (AvgIpc) is 3.33. The number of benzene rings is 2. The maximum Gasteiger partial charge on any atom is 0.256 e. The van der Waals surface area contributed by atoms with Gasteiger partial charge in [0.1, 0.15) is 0 Å². The molecule has 6 nitrogen and oxygen atoms in total. The first-order valence-electron chi connectivity index (χ1n) is 11.2. The summed E-state index contributed by atoms with van der Waals surface area (Å²) in [5.41, 5.74) is 1.74. The number of aryl methyl sites for hydroxylation is 1. The van der Waals surface area contributed by atoms with E-state index in [2.05, 4.69) is 5.32 Å². The largest absolute Gasteiger partial charge is 0.377 e. The first kappa shape index (κ1) is 23.3. The van der Waals surface area contributed by atoms with Crippen molar-refractivity contribution in [1.29, 1.82) is 0 Å². The first-order valence-corrected chi connectivity index (χ1v) is 13.6. The highest BCUT2D eigenvalue weighted by Gasteiger charge is 2.28. The van der Waals surface area contributed by atoms with E-state index >= 15 is 0 Å². The van der Waals surface area contributed by atoms with E-state index < -0.39 is 10.0 Å². The van der Waals surface area contributed by atoms with Crippen molar-refractivity contribution in [3.05, 3.63) is 53.6 Å². The van der Waals surface area contributed by atoms with E-state index in [1.54, 1.807) is 47.3 Å². The number of carbonyl (C=O) groups is 1. The van der Waals surface area contributed by atoms with Crippen molar-refractivity contribution in [2.24, 2.45) is 0 Å². The van der Waals surface area contributed by atoms with Gasteiger partial charge in [0.15, 0.2) is 0 Å². The fourth-order valence-electron chi connectivity index (χ4n) is 4.14. The Labute approximate surface area is 194 Å². The molecular weight excluding hydrogens is 444 g/mol. The average molecular weight is 475 g/mol. The monoisotopic (exact) mass is 474 g/mol. The fraction of sp³-hybridized carbons (Fsp3) is 0.458. The molecule has 1 N–H and O–H groups in total. The molecule has 1 amide bonds. The standard InChI is InChI=1S/C24H30N2O4S2/c1-18-11-12-19(16-23(18)32(28,29)26-13-5-2-6-14-26)25-24(27)21-9-3-4-10-22(21)31-17-20-8-7-15-30-20/h3-4,9-12,16,20H,2,5-8,13-15,17H2,1H3,(H,25,27)/t20-/m0/s1. The maximum absolute atomic E-state index is 13.2. The predicted octanol–water partition coefficient (Wildman–Crippen LogP) is 4.69. The van der Waals surface area contributed by atoms with Crippen LogP contribution >= 0.6 is 11.8 Å². The fourth-order valence-corrected chi connectivity index (χ4v) is 7.02. The van der Waals surface area contributed by atoms with Crippen molar-refractivity contribution in [2.75, 3.05) is 30.8 Å². The topological polar surface area (TPSA) is 75.7 Å². The Morgan fingerprint density at radius 1 is 1.12 bits per heavy atom. The van der Waals surface area contributed by atoms with Gasteiger partial charge in [-0.15, -0.1) is 11.8 Å². The van der Waals surface area contributed by atoms with Crippen molar-refractivity contribution in [3.63, 3.8) is 0 Å². The summed E-state index contributed by atoms with van der Waals surface area (Å²) in [7, 11) is -3.58. The van der Waals surface area contributed by atoms with Gasteiger partial charge in [-0.2, -0.15) is 4.31 Å². The van der Waals surface area contributed by atoms with Crippen LogP contribution in [0.3, 0.4) is 0 Å². The molecule has 1 atom stereocenters. The van der Waals surface area contributed by atoms with Crippen LogP contribution in [0.2, 0.25) is 0 Å². The van der Waals surface area contributed by atoms with Gasteiger partial charge in [-0.1, -0.05) is 24.6 Å². The van der Waals surface area contributed by atoms with Crippen LogP contribution in [0.25, 0.3) is 0 Å². The van der Waals surface area contributed by atoms with Gasteiger partial charge in [0.2, 0.25) is 10.0 Å². The molecule has 0 spiro atoms. The molecule has 0 aliphatic carbocycles. The predicted molar refractivity (Wildman–Crippen MR) is 128 cm³/mol. The van der Waals surface area contributed by atoms with Gasteiger partial charge in [0, 0.05) is 36.0 Å². The van der Waals surface area contributed by atoms with E-state index in [4.69, 9.17) is 4.74 Å². The molecule has 8 heteroatoms. The number of amides is 1. The Bertz CT molecular complexity index is 1060. The summed E-state index contributed by atoms with van der Waals surface area (Å²) in [5.74, 6) is 0.568. The third kappa shape index (κ3) is 5.36. The molecule has 0 bridgehead atoms. The molecule has 0 aromatic heterocycles. The van der Waals surface area contributed by atoms with Crippen molar-refractivity contribution >= 4 is 33.4 Å². The Kier molecular flexibility index (Phi) is 7.55. The number of nitrogens with one attached hydrogen (secondary N) is 1. The molecule has 2 aliphatic heterocycles. The van der Waals surface area contributed by atoms with Crippen LogP contribution in [-0.4, -0.2) is 50.2 Å². The first-order chi connectivity index (χ1) is 15.4. The summed E-state index contributed by atoms with van der Waals surface area (Å²) in [6, 6.07) is 12.6. The normalized spacial score (nSPS) is 19.7. The lowest BCUT2D eigenvalue weighted by Crippen LogP contribution is -2.36. The smallest absolute Gasteiger partial charge is 0.256 e. The highest BCUT2D eigenvalue weighted by molar-refractivity contribution is 7.99. The van der Waals surface area contributed by atoms with Gasteiger partial charge < -0.3 is 10.1 Å². The summed E-state index contributed by atoms with van der Waals surface area (Å²) in [6.45, 7) is 3.70. The Hall–Kier alpha value is -1.87. The molecule has 2 fully saturated rings. The molecule has 2 saturated heterocycles. The molecule has 32 heavy (non-hydrogen) atoms. The zero-order valence-electron chi connectivity index (χ0n) is 18.4. The quantitative estimate of drug-likeness (QED) is 0.589. The lowest BCUT2D eigenvalue weighted by atomic mass is 10.2. The Morgan fingerprint density at radius 3 is 2.66 bits per heavy atom. The Morgan fingerprint density at radius 2 is 1.91 bits per heavy atom. The van der Waals surface area contributed by atoms with Crippen LogP contribution in [-0.2, 0) is 14.8 Å². The molecule has 4 rings (SSSR count). The van der Waals surface area contributed by atoms with E-state index in [-0.39, 0.29) is 16.9 Å². The number of piperidine rings is 1. The number of hydrogen-bond donors (Lipinski definition) is 1. The molecule has 172 valence electrons. The van der Waals surface area contributed by atoms with Crippen LogP contribution in [0.5, 0.6) is 0 Å². The lowest BCUT2D eigenvalue weighted by Gasteiger charge is -2.26. The highest BCUT2D eigenvalue weighted by atomic mass is 32.2. The van der Waals surface area contributed by atoms with Crippen molar-refractivity contribution in [1.82, 2.24) is 4.31 Å². The van der Waals surface area contributed by atoms with Gasteiger partial charge in [0.25, 0.3) is 5.91 Å². The van der Waals surface area contributed by atoms with Gasteiger partial charge in [-0.25, -0.2) is 8.42 Å². The second-order valence-electron chi connectivity index (χ2n) is 8.34. The zero-order valence-corrected chi connectivity index (χ0v) is 20.0. The second-order valence-corrected chi connectivity index (χ2v) is 11.3. The number of hydrogen-bond acceptors (Lipinski definition) is 5. The minimum atomic E-state index is -3.58. The number of anilines is 1. The van der Waals surface area contributed by atoms with Crippen LogP contribution < -0.4 is 5.32 Å². The third-order valence-electron chi connectivity index (χ3n) is 5.96. The van der Waals surface area contributed by atoms with Gasteiger partial charge in [-0.05, 0) is 62.4 Å². The zero-order chi connectivity index (χ0) is 22.6. The molecule has 2 aromatic carbocycles. The number of thioether (sulfide) groups is 1. The van der Waals surface area contributed by atoms with E-state index in [9.17, 15) is 13.2 Å². The lowest BCUT2D eigenvalue weighted by molar-refractivity contribution is 0.102. The summed E-state index contributed by atoms with van der Waals surface area (Å²) in [4.78, 5) is 14.2. The van der Waals surface area contributed by atoms with Crippen LogP contribution in [0.4, 0.5) is 5.69 Å². The van der Waals surface area contributed by atoms with Gasteiger partial charge >= 0.3 is 0 Å². The SMILES string of the molecule is Cc1ccc(NC(=O)c2ccccc2SC[C@@H]2CCCO2)cc1S(=O)(=O)N1CCCCC1. The molecule has 0 saturated carbocycles. The molecule has 2 aliphatic rings. The maximum atomic E-state index is 13.2. The summed E-state index contributed by atoms with van der Waals surface area (Å²) >= 11 is 1.62. The van der Waals surface area contributed by atoms with E-state index in [0.717, 1.165) is 49.4 Å². The van der Waals surface area contributed by atoms with Crippen LogP contribution in [0.1, 0.15) is 48.0 Å². The van der Waals surface area contributed by atoms with E-state index in [1.807, 2.05) is 18.2 Å². The summed E-state index contributed by atoms with van der Waals surface area (Å²) in [5, 5.41) is 2.90. The molecule has 2 aromatic rings. The minimum Gasteiger partial charge on any atom is -0.377 e.